The first-order valence-corrected chi connectivity index (χ1v) is 6.57. The highest BCUT2D eigenvalue weighted by molar-refractivity contribution is 5.22. The van der Waals surface area contributed by atoms with Crippen molar-refractivity contribution in [3.8, 4) is 0 Å². The molecule has 1 aromatic rings. The van der Waals surface area contributed by atoms with Gasteiger partial charge in [-0.2, -0.15) is 0 Å². The van der Waals surface area contributed by atoms with Gasteiger partial charge in [-0.3, -0.25) is 0 Å². The van der Waals surface area contributed by atoms with E-state index in [2.05, 4.69) is 50.4 Å². The molecule has 2 heteroatoms. The topological polar surface area (TPSA) is 32.3 Å². The van der Waals surface area contributed by atoms with Crippen LogP contribution in [-0.2, 0) is 13.0 Å². The molecule has 1 rings (SSSR count). The fourth-order valence-electron chi connectivity index (χ4n) is 1.86. The van der Waals surface area contributed by atoms with Crippen LogP contribution in [-0.4, -0.2) is 17.8 Å². The van der Waals surface area contributed by atoms with E-state index >= 15 is 0 Å². The van der Waals surface area contributed by atoms with Crippen LogP contribution in [0.4, 0.5) is 0 Å². The van der Waals surface area contributed by atoms with Crippen LogP contribution in [0.5, 0.6) is 0 Å². The predicted octanol–water partition coefficient (Wildman–Crippen LogP) is 2.75. The number of aliphatic hydroxyl groups is 1. The van der Waals surface area contributed by atoms with E-state index in [-0.39, 0.29) is 12.6 Å². The van der Waals surface area contributed by atoms with Gasteiger partial charge >= 0.3 is 0 Å². The molecule has 2 N–H and O–H groups in total. The van der Waals surface area contributed by atoms with E-state index in [0.29, 0.717) is 5.92 Å². The second-order valence-corrected chi connectivity index (χ2v) is 5.08. The summed E-state index contributed by atoms with van der Waals surface area (Å²) in [5.41, 5.74) is 2.68. The van der Waals surface area contributed by atoms with Crippen molar-refractivity contribution >= 4 is 0 Å². The highest BCUT2D eigenvalue weighted by Crippen LogP contribution is 2.10. The first-order chi connectivity index (χ1) is 8.15. The van der Waals surface area contributed by atoms with Gasteiger partial charge in [0.2, 0.25) is 0 Å². The first kappa shape index (κ1) is 14.2. The summed E-state index contributed by atoms with van der Waals surface area (Å²) in [6.45, 7) is 7.60. The maximum atomic E-state index is 9.08. The lowest BCUT2D eigenvalue weighted by Crippen LogP contribution is -2.31. The molecule has 0 aliphatic carbocycles. The van der Waals surface area contributed by atoms with Gasteiger partial charge in [-0.15, -0.1) is 0 Å². The van der Waals surface area contributed by atoms with Gasteiger partial charge in [0.05, 0.1) is 6.61 Å². The molecule has 2 nitrogen and oxygen atoms in total. The van der Waals surface area contributed by atoms with Crippen molar-refractivity contribution in [2.75, 3.05) is 6.61 Å². The predicted molar refractivity (Wildman–Crippen MR) is 73.0 cm³/mol. The molecule has 0 spiro atoms. The van der Waals surface area contributed by atoms with Crippen molar-refractivity contribution in [3.05, 3.63) is 35.4 Å². The number of hydrogen-bond acceptors (Lipinski definition) is 2. The first-order valence-electron chi connectivity index (χ1n) is 6.57. The third kappa shape index (κ3) is 5.33. The molecule has 0 radical (unpaired) electrons. The zero-order chi connectivity index (χ0) is 12.7. The third-order valence-electron chi connectivity index (χ3n) is 2.97. The molecular formula is C15H25NO. The van der Waals surface area contributed by atoms with Crippen molar-refractivity contribution < 1.29 is 5.11 Å². The molecule has 96 valence electrons. The zero-order valence-electron chi connectivity index (χ0n) is 11.2. The van der Waals surface area contributed by atoms with E-state index in [0.717, 1.165) is 19.4 Å². The lowest BCUT2D eigenvalue weighted by molar-refractivity contribution is 0.238. The highest BCUT2D eigenvalue weighted by Gasteiger charge is 2.03. The number of benzene rings is 1. The molecule has 0 heterocycles. The van der Waals surface area contributed by atoms with Crippen LogP contribution >= 0.6 is 0 Å². The van der Waals surface area contributed by atoms with Crippen LogP contribution in [0.15, 0.2) is 24.3 Å². The van der Waals surface area contributed by atoms with E-state index < -0.39 is 0 Å². The summed E-state index contributed by atoms with van der Waals surface area (Å²) in [7, 11) is 0. The van der Waals surface area contributed by atoms with E-state index in [1.54, 1.807) is 0 Å². The normalized spacial score (nSPS) is 13.0. The Kier molecular flexibility index (Phi) is 6.23. The van der Waals surface area contributed by atoms with Gasteiger partial charge in [-0.05, 0) is 29.9 Å². The lowest BCUT2D eigenvalue weighted by atomic mass is 10.0. The summed E-state index contributed by atoms with van der Waals surface area (Å²) < 4.78 is 0. The minimum absolute atomic E-state index is 0.210. The molecule has 0 unspecified atom stereocenters. The molecular weight excluding hydrogens is 210 g/mol. The Morgan fingerprint density at radius 3 is 2.18 bits per heavy atom. The van der Waals surface area contributed by atoms with E-state index in [4.69, 9.17) is 5.11 Å². The molecule has 1 atom stereocenters. The number of rotatable bonds is 7. The monoisotopic (exact) mass is 235 g/mol. The average molecular weight is 235 g/mol. The Hall–Kier alpha value is -0.860. The summed E-state index contributed by atoms with van der Waals surface area (Å²) in [4.78, 5) is 0. The van der Waals surface area contributed by atoms with Crippen molar-refractivity contribution in [2.24, 2.45) is 5.92 Å². The zero-order valence-corrected chi connectivity index (χ0v) is 11.2. The van der Waals surface area contributed by atoms with Crippen molar-refractivity contribution in [1.82, 2.24) is 5.32 Å². The van der Waals surface area contributed by atoms with Crippen LogP contribution in [0.25, 0.3) is 0 Å². The molecule has 17 heavy (non-hydrogen) atoms. The van der Waals surface area contributed by atoms with Crippen LogP contribution in [0.3, 0.4) is 0 Å². The third-order valence-corrected chi connectivity index (χ3v) is 2.97. The van der Waals surface area contributed by atoms with Crippen molar-refractivity contribution in [2.45, 2.75) is 46.2 Å². The molecule has 0 saturated heterocycles. The van der Waals surface area contributed by atoms with Crippen molar-refractivity contribution in [3.63, 3.8) is 0 Å². The van der Waals surface area contributed by atoms with Gasteiger partial charge in [0.15, 0.2) is 0 Å². The molecule has 0 saturated carbocycles. The Morgan fingerprint density at radius 1 is 1.12 bits per heavy atom. The maximum absolute atomic E-state index is 9.08. The van der Waals surface area contributed by atoms with Gasteiger partial charge in [-0.1, -0.05) is 45.0 Å². The molecule has 0 aliphatic heterocycles. The summed E-state index contributed by atoms with van der Waals surface area (Å²) >= 11 is 0. The molecule has 0 aromatic heterocycles. The highest BCUT2D eigenvalue weighted by atomic mass is 16.3. The molecule has 0 aliphatic rings. The van der Waals surface area contributed by atoms with Gasteiger partial charge in [-0.25, -0.2) is 0 Å². The molecule has 0 amide bonds. The summed E-state index contributed by atoms with van der Waals surface area (Å²) in [6, 6.07) is 8.97. The summed E-state index contributed by atoms with van der Waals surface area (Å²) in [5.74, 6) is 0.706. The summed E-state index contributed by atoms with van der Waals surface area (Å²) in [5, 5.41) is 12.4. The van der Waals surface area contributed by atoms with Gasteiger partial charge in [0.1, 0.15) is 0 Å². The van der Waals surface area contributed by atoms with Crippen LogP contribution < -0.4 is 5.32 Å². The fourth-order valence-corrected chi connectivity index (χ4v) is 1.86. The van der Waals surface area contributed by atoms with Gasteiger partial charge in [0.25, 0.3) is 0 Å². The van der Waals surface area contributed by atoms with Gasteiger partial charge < -0.3 is 10.4 Å². The molecule has 0 bridgehead atoms. The fraction of sp³-hybridized carbons (Fsp3) is 0.600. The second-order valence-electron chi connectivity index (χ2n) is 5.08. The van der Waals surface area contributed by atoms with Crippen LogP contribution in [0.1, 0.15) is 38.3 Å². The average Bonchev–Trinajstić information content (AvgIpc) is 2.32. The largest absolute Gasteiger partial charge is 0.395 e. The second kappa shape index (κ2) is 7.46. The Bertz CT molecular complexity index is 301. The number of nitrogens with one attached hydrogen (secondary N) is 1. The summed E-state index contributed by atoms with van der Waals surface area (Å²) in [6.07, 6.45) is 2.10. The quantitative estimate of drug-likeness (QED) is 0.761. The maximum Gasteiger partial charge on any atom is 0.0584 e. The standard InChI is InChI=1S/C15H25NO/c1-4-15(11-17)16-10-14-7-5-13(6-8-14)9-12(2)3/h5-8,12,15-17H,4,9-11H2,1-3H3/t15-/m0/s1. The number of aliphatic hydroxyl groups excluding tert-OH is 1. The van der Waals surface area contributed by atoms with E-state index in [9.17, 15) is 0 Å². The van der Waals surface area contributed by atoms with Crippen LogP contribution in [0, 0.1) is 5.92 Å². The number of hydrogen-bond donors (Lipinski definition) is 2. The van der Waals surface area contributed by atoms with Crippen molar-refractivity contribution in [1.29, 1.82) is 0 Å². The Balaban J connectivity index is 2.45. The van der Waals surface area contributed by atoms with Gasteiger partial charge in [0, 0.05) is 12.6 Å². The Labute approximate surface area is 105 Å². The SMILES string of the molecule is CC[C@@H](CO)NCc1ccc(CC(C)C)cc1. The Morgan fingerprint density at radius 2 is 1.71 bits per heavy atom. The minimum Gasteiger partial charge on any atom is -0.395 e. The minimum atomic E-state index is 0.210. The lowest BCUT2D eigenvalue weighted by Gasteiger charge is -2.14. The molecule has 0 fully saturated rings. The smallest absolute Gasteiger partial charge is 0.0584 e. The molecule has 1 aromatic carbocycles. The van der Waals surface area contributed by atoms with Crippen LogP contribution in [0.2, 0.25) is 0 Å². The van der Waals surface area contributed by atoms with E-state index in [1.165, 1.54) is 11.1 Å². The van der Waals surface area contributed by atoms with E-state index in [1.807, 2.05) is 0 Å².